The highest BCUT2D eigenvalue weighted by molar-refractivity contribution is 7.90. The molecule has 172 valence electrons. The number of piperidine rings is 1. The fourth-order valence-electron chi connectivity index (χ4n) is 4.14. The molecule has 0 unspecified atom stereocenters. The Bertz CT molecular complexity index is 1390. The Labute approximate surface area is 196 Å². The third kappa shape index (κ3) is 4.24. The van der Waals surface area contributed by atoms with E-state index in [4.69, 9.17) is 4.52 Å². The lowest BCUT2D eigenvalue weighted by molar-refractivity contribution is 0.326. The molecule has 1 fully saturated rings. The Morgan fingerprint density at radius 1 is 1.12 bits per heavy atom. The van der Waals surface area contributed by atoms with Crippen molar-refractivity contribution in [1.29, 1.82) is 0 Å². The highest BCUT2D eigenvalue weighted by atomic mass is 32.2. The zero-order chi connectivity index (χ0) is 23.2. The first-order valence-electron chi connectivity index (χ1n) is 10.9. The largest absolute Gasteiger partial charge is 0.355 e. The summed E-state index contributed by atoms with van der Waals surface area (Å²) in [5, 5.41) is 6.17. The first-order valence-corrected chi connectivity index (χ1v) is 13.7. The van der Waals surface area contributed by atoms with E-state index < -0.39 is 9.84 Å². The second-order valence-electron chi connectivity index (χ2n) is 8.73. The van der Waals surface area contributed by atoms with Crippen molar-refractivity contribution in [2.45, 2.75) is 43.4 Å². The van der Waals surface area contributed by atoms with Crippen LogP contribution in [0.25, 0.3) is 21.3 Å². The average molecular weight is 484 g/mol. The van der Waals surface area contributed by atoms with E-state index in [0.29, 0.717) is 4.90 Å². The number of nitrogens with zero attached hydrogens (tertiary/aromatic N) is 5. The zero-order valence-corrected chi connectivity index (χ0v) is 20.4. The van der Waals surface area contributed by atoms with Crippen molar-refractivity contribution in [3.8, 4) is 11.1 Å². The van der Waals surface area contributed by atoms with Gasteiger partial charge in [0.15, 0.2) is 15.7 Å². The summed E-state index contributed by atoms with van der Waals surface area (Å²) in [4.78, 5) is 16.3. The van der Waals surface area contributed by atoms with Crippen LogP contribution in [0.1, 0.15) is 50.2 Å². The minimum Gasteiger partial charge on any atom is -0.355 e. The van der Waals surface area contributed by atoms with E-state index in [9.17, 15) is 8.42 Å². The molecule has 4 aromatic rings. The third-order valence-corrected chi connectivity index (χ3v) is 8.14. The van der Waals surface area contributed by atoms with Gasteiger partial charge in [0.25, 0.3) is 0 Å². The number of aromatic nitrogens is 4. The third-order valence-electron chi connectivity index (χ3n) is 6.05. The van der Waals surface area contributed by atoms with Gasteiger partial charge < -0.3 is 9.42 Å². The van der Waals surface area contributed by atoms with Crippen LogP contribution in [0.2, 0.25) is 0 Å². The summed E-state index contributed by atoms with van der Waals surface area (Å²) in [6.07, 6.45) is 4.68. The summed E-state index contributed by atoms with van der Waals surface area (Å²) in [7, 11) is -3.22. The number of thiophene rings is 1. The Hall–Kier alpha value is -2.85. The van der Waals surface area contributed by atoms with Gasteiger partial charge in [0, 0.05) is 42.1 Å². The van der Waals surface area contributed by atoms with Crippen molar-refractivity contribution in [2.24, 2.45) is 0 Å². The number of sulfone groups is 1. The van der Waals surface area contributed by atoms with Gasteiger partial charge in [0.1, 0.15) is 12.1 Å². The maximum absolute atomic E-state index is 11.8. The van der Waals surface area contributed by atoms with Gasteiger partial charge in [0.2, 0.25) is 5.89 Å². The molecular weight excluding hydrogens is 458 g/mol. The molecule has 0 N–H and O–H groups in total. The van der Waals surface area contributed by atoms with Gasteiger partial charge in [-0.2, -0.15) is 4.98 Å². The molecule has 0 amide bonds. The first kappa shape index (κ1) is 22.0. The van der Waals surface area contributed by atoms with Crippen molar-refractivity contribution in [2.75, 3.05) is 24.2 Å². The van der Waals surface area contributed by atoms with Crippen molar-refractivity contribution in [3.63, 3.8) is 0 Å². The van der Waals surface area contributed by atoms with Crippen molar-refractivity contribution < 1.29 is 12.9 Å². The summed E-state index contributed by atoms with van der Waals surface area (Å²) in [5.41, 5.74) is 2.81. The Morgan fingerprint density at radius 3 is 2.48 bits per heavy atom. The Balaban J connectivity index is 1.37. The number of hydrogen-bond acceptors (Lipinski definition) is 9. The molecule has 0 aliphatic carbocycles. The number of benzene rings is 1. The number of hydrogen-bond donors (Lipinski definition) is 0. The summed E-state index contributed by atoms with van der Waals surface area (Å²) in [5.74, 6) is 2.97. The highest BCUT2D eigenvalue weighted by Crippen LogP contribution is 2.39. The Kier molecular flexibility index (Phi) is 5.65. The lowest BCUT2D eigenvalue weighted by Gasteiger charge is -2.31. The minimum absolute atomic E-state index is 0.257. The first-order chi connectivity index (χ1) is 15.8. The molecule has 1 aliphatic heterocycles. The highest BCUT2D eigenvalue weighted by Gasteiger charge is 2.27. The average Bonchev–Trinajstić information content (AvgIpc) is 3.46. The topological polar surface area (TPSA) is 102 Å². The van der Waals surface area contributed by atoms with Gasteiger partial charge in [-0.15, -0.1) is 11.3 Å². The number of fused-ring (bicyclic) bond motifs is 1. The van der Waals surface area contributed by atoms with E-state index in [-0.39, 0.29) is 11.8 Å². The molecule has 1 saturated heterocycles. The zero-order valence-electron chi connectivity index (χ0n) is 18.7. The van der Waals surface area contributed by atoms with Crippen molar-refractivity contribution in [3.05, 3.63) is 47.7 Å². The number of rotatable bonds is 5. The molecular formula is C23H25N5O3S2. The Morgan fingerprint density at radius 2 is 1.85 bits per heavy atom. The monoisotopic (exact) mass is 483 g/mol. The van der Waals surface area contributed by atoms with E-state index >= 15 is 0 Å². The molecule has 5 rings (SSSR count). The van der Waals surface area contributed by atoms with Gasteiger partial charge in [0.05, 0.1) is 15.1 Å². The van der Waals surface area contributed by atoms with E-state index in [2.05, 4.69) is 44.2 Å². The van der Waals surface area contributed by atoms with E-state index in [1.54, 1.807) is 29.8 Å². The summed E-state index contributed by atoms with van der Waals surface area (Å²) < 4.78 is 30.1. The van der Waals surface area contributed by atoms with Crippen LogP contribution in [-0.2, 0) is 9.84 Å². The molecule has 33 heavy (non-hydrogen) atoms. The van der Waals surface area contributed by atoms with Gasteiger partial charge in [-0.05, 0) is 30.5 Å². The molecule has 1 aliphatic rings. The normalized spacial score (nSPS) is 15.6. The lowest BCUT2D eigenvalue weighted by atomic mass is 9.96. The van der Waals surface area contributed by atoms with Crippen LogP contribution in [-0.4, -0.2) is 47.9 Å². The van der Waals surface area contributed by atoms with E-state index in [0.717, 1.165) is 64.8 Å². The maximum atomic E-state index is 11.8. The molecule has 0 spiro atoms. The standard InChI is InChI=1S/C23H25N5O3S2/c1-14(2)21-26-23(31-27-21)16-8-10-28(11-9-16)22-20-19(24-13-25-22)18(12-32-20)15-4-6-17(7-5-15)33(3,29)30/h4-7,12-14,16H,8-11H2,1-3H3. The van der Waals surface area contributed by atoms with Crippen LogP contribution in [0.3, 0.4) is 0 Å². The van der Waals surface area contributed by atoms with Gasteiger partial charge in [-0.3, -0.25) is 0 Å². The summed E-state index contributed by atoms with van der Waals surface area (Å²) in [6, 6.07) is 6.95. The second kappa shape index (κ2) is 8.49. The predicted molar refractivity (Wildman–Crippen MR) is 129 cm³/mol. The smallest absolute Gasteiger partial charge is 0.229 e. The minimum atomic E-state index is -3.22. The molecule has 0 saturated carbocycles. The van der Waals surface area contributed by atoms with Crippen LogP contribution in [0, 0.1) is 0 Å². The van der Waals surface area contributed by atoms with Crippen LogP contribution in [0.15, 0.2) is 45.4 Å². The van der Waals surface area contributed by atoms with Gasteiger partial charge in [-0.25, -0.2) is 18.4 Å². The fourth-order valence-corrected chi connectivity index (χ4v) is 5.81. The summed E-state index contributed by atoms with van der Waals surface area (Å²) in [6.45, 7) is 5.83. The van der Waals surface area contributed by atoms with Gasteiger partial charge in [-0.1, -0.05) is 31.1 Å². The maximum Gasteiger partial charge on any atom is 0.229 e. The number of anilines is 1. The molecule has 0 radical (unpaired) electrons. The van der Waals surface area contributed by atoms with E-state index in [1.807, 2.05) is 12.1 Å². The quantitative estimate of drug-likeness (QED) is 0.404. The van der Waals surface area contributed by atoms with Crippen molar-refractivity contribution >= 4 is 37.2 Å². The van der Waals surface area contributed by atoms with E-state index in [1.165, 1.54) is 6.26 Å². The molecule has 0 atom stereocenters. The second-order valence-corrected chi connectivity index (χ2v) is 11.6. The van der Waals surface area contributed by atoms with Crippen molar-refractivity contribution in [1.82, 2.24) is 20.1 Å². The van der Waals surface area contributed by atoms with Crippen LogP contribution < -0.4 is 4.90 Å². The SMILES string of the molecule is CC(C)c1noc(C2CCN(c3ncnc4c(-c5ccc(S(C)(=O)=O)cc5)csc34)CC2)n1. The fraction of sp³-hybridized carbons (Fsp3) is 0.391. The molecule has 0 bridgehead atoms. The molecule has 1 aromatic carbocycles. The predicted octanol–water partition coefficient (Wildman–Crippen LogP) is 4.65. The van der Waals surface area contributed by atoms with Crippen LogP contribution in [0.4, 0.5) is 5.82 Å². The molecule has 10 heteroatoms. The van der Waals surface area contributed by atoms with Gasteiger partial charge >= 0.3 is 0 Å². The molecule has 4 heterocycles. The molecule has 8 nitrogen and oxygen atoms in total. The molecule has 3 aromatic heterocycles. The summed E-state index contributed by atoms with van der Waals surface area (Å²) >= 11 is 1.62. The van der Waals surface area contributed by atoms with Crippen LogP contribution in [0.5, 0.6) is 0 Å². The lowest BCUT2D eigenvalue weighted by Crippen LogP contribution is -2.33. The van der Waals surface area contributed by atoms with Crippen LogP contribution >= 0.6 is 11.3 Å².